The molecule has 11 heteroatoms. The normalized spacial score (nSPS) is 22.7. The van der Waals surface area contributed by atoms with Crippen molar-refractivity contribution in [1.82, 2.24) is 28.7 Å². The highest BCUT2D eigenvalue weighted by atomic mass is 32.2. The SMILES string of the molecule is O=S(=O)(N1CCOCC1)N1CCC[C@H](Cc2nc(-c3cnccn3)no2)C1. The van der Waals surface area contributed by atoms with E-state index in [-0.39, 0.29) is 5.92 Å². The van der Waals surface area contributed by atoms with Crippen LogP contribution in [0.2, 0.25) is 0 Å². The van der Waals surface area contributed by atoms with Crippen molar-refractivity contribution < 1.29 is 17.7 Å². The molecule has 0 unspecified atom stereocenters. The first kappa shape index (κ1) is 18.4. The Bertz CT molecular complexity index is 853. The second-order valence-electron chi connectivity index (χ2n) is 6.69. The van der Waals surface area contributed by atoms with E-state index in [0.717, 1.165) is 12.8 Å². The molecule has 4 rings (SSSR count). The molecule has 2 saturated heterocycles. The monoisotopic (exact) mass is 394 g/mol. The number of hydrogen-bond donors (Lipinski definition) is 0. The molecule has 0 aromatic carbocycles. The van der Waals surface area contributed by atoms with Gasteiger partial charge in [0, 0.05) is 45.0 Å². The van der Waals surface area contributed by atoms with E-state index < -0.39 is 10.2 Å². The smallest absolute Gasteiger partial charge is 0.282 e. The summed E-state index contributed by atoms with van der Waals surface area (Å²) >= 11 is 0. The molecule has 2 fully saturated rings. The summed E-state index contributed by atoms with van der Waals surface area (Å²) in [5.74, 6) is 1.03. The number of rotatable bonds is 5. The summed E-state index contributed by atoms with van der Waals surface area (Å²) in [6, 6.07) is 0. The molecule has 0 bridgehead atoms. The largest absolute Gasteiger partial charge is 0.379 e. The molecule has 4 heterocycles. The van der Waals surface area contributed by atoms with E-state index in [9.17, 15) is 8.42 Å². The lowest BCUT2D eigenvalue weighted by Gasteiger charge is -2.36. The molecule has 146 valence electrons. The molecule has 2 aromatic rings. The Labute approximate surface area is 157 Å². The third-order valence-corrected chi connectivity index (χ3v) is 6.83. The maximum atomic E-state index is 12.9. The maximum absolute atomic E-state index is 12.9. The van der Waals surface area contributed by atoms with Gasteiger partial charge in [-0.3, -0.25) is 4.98 Å². The first-order valence-electron chi connectivity index (χ1n) is 9.05. The summed E-state index contributed by atoms with van der Waals surface area (Å²) in [5, 5.41) is 3.95. The topological polar surface area (TPSA) is 115 Å². The average molecular weight is 394 g/mol. The Kier molecular flexibility index (Phi) is 5.43. The molecule has 0 amide bonds. The van der Waals surface area contributed by atoms with Crippen molar-refractivity contribution in [2.75, 3.05) is 39.4 Å². The molecule has 2 aliphatic rings. The van der Waals surface area contributed by atoms with Crippen molar-refractivity contribution in [3.63, 3.8) is 0 Å². The number of ether oxygens (including phenoxy) is 1. The van der Waals surface area contributed by atoms with Gasteiger partial charge in [0.2, 0.25) is 11.7 Å². The highest BCUT2D eigenvalue weighted by molar-refractivity contribution is 7.86. The quantitative estimate of drug-likeness (QED) is 0.714. The minimum atomic E-state index is -3.45. The van der Waals surface area contributed by atoms with Crippen LogP contribution in [0.3, 0.4) is 0 Å². The summed E-state index contributed by atoms with van der Waals surface area (Å²) in [4.78, 5) is 12.5. The van der Waals surface area contributed by atoms with Crippen molar-refractivity contribution in [3.8, 4) is 11.5 Å². The van der Waals surface area contributed by atoms with E-state index in [1.807, 2.05) is 0 Å². The molecule has 27 heavy (non-hydrogen) atoms. The van der Waals surface area contributed by atoms with Crippen molar-refractivity contribution in [2.24, 2.45) is 5.92 Å². The predicted molar refractivity (Wildman–Crippen MR) is 94.6 cm³/mol. The third kappa shape index (κ3) is 4.15. The van der Waals surface area contributed by atoms with E-state index in [0.29, 0.717) is 63.2 Å². The van der Waals surface area contributed by atoms with Crippen LogP contribution in [0.4, 0.5) is 0 Å². The molecule has 1 atom stereocenters. The van der Waals surface area contributed by atoms with Crippen molar-refractivity contribution >= 4 is 10.2 Å². The van der Waals surface area contributed by atoms with Gasteiger partial charge in [-0.15, -0.1) is 0 Å². The van der Waals surface area contributed by atoms with Gasteiger partial charge in [-0.1, -0.05) is 5.16 Å². The van der Waals surface area contributed by atoms with Crippen molar-refractivity contribution in [2.45, 2.75) is 19.3 Å². The molecular formula is C16H22N6O4S. The zero-order chi connectivity index (χ0) is 18.7. The van der Waals surface area contributed by atoms with Crippen molar-refractivity contribution in [1.29, 1.82) is 0 Å². The van der Waals surface area contributed by atoms with Crippen LogP contribution in [0.5, 0.6) is 0 Å². The maximum Gasteiger partial charge on any atom is 0.282 e. The number of nitrogens with zero attached hydrogens (tertiary/aromatic N) is 6. The van der Waals surface area contributed by atoms with Crippen LogP contribution < -0.4 is 0 Å². The highest BCUT2D eigenvalue weighted by Gasteiger charge is 2.35. The lowest BCUT2D eigenvalue weighted by Crippen LogP contribution is -2.51. The molecule has 0 aliphatic carbocycles. The number of piperidine rings is 1. The zero-order valence-corrected chi connectivity index (χ0v) is 15.7. The molecule has 0 N–H and O–H groups in total. The van der Waals surface area contributed by atoms with Gasteiger partial charge in [-0.25, -0.2) is 4.98 Å². The second kappa shape index (κ2) is 7.97. The molecular weight excluding hydrogens is 372 g/mol. The summed E-state index contributed by atoms with van der Waals surface area (Å²) < 4.78 is 39.4. The number of aromatic nitrogens is 4. The highest BCUT2D eigenvalue weighted by Crippen LogP contribution is 2.25. The number of morpholine rings is 1. The fourth-order valence-electron chi connectivity index (χ4n) is 3.45. The van der Waals surface area contributed by atoms with Crippen LogP contribution in [0.1, 0.15) is 18.7 Å². The van der Waals surface area contributed by atoms with Gasteiger partial charge in [0.1, 0.15) is 5.69 Å². The Hall–Kier alpha value is -1.95. The molecule has 0 spiro atoms. The Morgan fingerprint density at radius 1 is 1.15 bits per heavy atom. The van der Waals surface area contributed by atoms with E-state index in [2.05, 4.69) is 20.1 Å². The van der Waals surface area contributed by atoms with Gasteiger partial charge < -0.3 is 9.26 Å². The van der Waals surface area contributed by atoms with Crippen LogP contribution in [-0.4, -0.2) is 76.5 Å². The fourth-order valence-corrected chi connectivity index (χ4v) is 5.14. The fraction of sp³-hybridized carbons (Fsp3) is 0.625. The van der Waals surface area contributed by atoms with Crippen LogP contribution in [-0.2, 0) is 21.4 Å². The first-order chi connectivity index (χ1) is 13.1. The van der Waals surface area contributed by atoms with Crippen LogP contribution in [0.15, 0.2) is 23.1 Å². The lowest BCUT2D eigenvalue weighted by molar-refractivity contribution is 0.0690. The van der Waals surface area contributed by atoms with E-state index >= 15 is 0 Å². The molecule has 0 saturated carbocycles. The number of hydrogen-bond acceptors (Lipinski definition) is 8. The molecule has 10 nitrogen and oxygen atoms in total. The second-order valence-corrected chi connectivity index (χ2v) is 8.62. The van der Waals surface area contributed by atoms with Crippen molar-refractivity contribution in [3.05, 3.63) is 24.5 Å². The Morgan fingerprint density at radius 3 is 2.78 bits per heavy atom. The molecule has 2 aromatic heterocycles. The van der Waals surface area contributed by atoms with Crippen LogP contribution in [0, 0.1) is 5.92 Å². The van der Waals surface area contributed by atoms with Gasteiger partial charge in [0.15, 0.2) is 0 Å². The van der Waals surface area contributed by atoms with Gasteiger partial charge in [0.25, 0.3) is 10.2 Å². The van der Waals surface area contributed by atoms with Crippen LogP contribution >= 0.6 is 0 Å². The average Bonchev–Trinajstić information content (AvgIpc) is 3.18. The Morgan fingerprint density at radius 2 is 2.00 bits per heavy atom. The van der Waals surface area contributed by atoms with E-state index in [4.69, 9.17) is 9.26 Å². The summed E-state index contributed by atoms with van der Waals surface area (Å²) in [5.41, 5.74) is 0.549. The first-order valence-corrected chi connectivity index (χ1v) is 10.4. The van der Waals surface area contributed by atoms with Gasteiger partial charge in [-0.2, -0.15) is 22.0 Å². The predicted octanol–water partition coefficient (Wildman–Crippen LogP) is 0.358. The van der Waals surface area contributed by atoms with Gasteiger partial charge in [-0.05, 0) is 18.8 Å². The van der Waals surface area contributed by atoms with Gasteiger partial charge >= 0.3 is 0 Å². The summed E-state index contributed by atoms with van der Waals surface area (Å²) in [6.45, 7) is 2.73. The zero-order valence-electron chi connectivity index (χ0n) is 14.9. The summed E-state index contributed by atoms with van der Waals surface area (Å²) in [6.07, 6.45) is 7.02. The van der Waals surface area contributed by atoms with E-state index in [1.165, 1.54) is 4.31 Å². The Balaban J connectivity index is 1.41. The minimum absolute atomic E-state index is 0.143. The lowest BCUT2D eigenvalue weighted by atomic mass is 9.96. The molecule has 0 radical (unpaired) electrons. The standard InChI is InChI=1S/C16H22N6O4S/c23-27(24,21-6-8-25-9-7-21)22-5-1-2-13(12-22)10-15-19-16(20-26-15)14-11-17-3-4-18-14/h3-4,11,13H,1-2,5-10,12H2/t13-/m1/s1. The summed E-state index contributed by atoms with van der Waals surface area (Å²) in [7, 11) is -3.45. The minimum Gasteiger partial charge on any atom is -0.379 e. The van der Waals surface area contributed by atoms with E-state index in [1.54, 1.807) is 22.9 Å². The van der Waals surface area contributed by atoms with Gasteiger partial charge in [0.05, 0.1) is 19.4 Å². The third-order valence-electron chi connectivity index (χ3n) is 4.83. The molecule has 2 aliphatic heterocycles. The van der Waals surface area contributed by atoms with Crippen LogP contribution in [0.25, 0.3) is 11.5 Å².